The molecule has 1 aliphatic heterocycles. The summed E-state index contributed by atoms with van der Waals surface area (Å²) in [7, 11) is 0. The molecule has 0 radical (unpaired) electrons. The van der Waals surface area contributed by atoms with Gasteiger partial charge in [-0.1, -0.05) is 13.8 Å². The lowest BCUT2D eigenvalue weighted by Crippen LogP contribution is -2.59. The summed E-state index contributed by atoms with van der Waals surface area (Å²) < 4.78 is 0. The summed E-state index contributed by atoms with van der Waals surface area (Å²) in [6.45, 7) is 5.94. The van der Waals surface area contributed by atoms with Gasteiger partial charge in [0, 0.05) is 25.2 Å². The number of hydrogen-bond donors (Lipinski definition) is 2. The van der Waals surface area contributed by atoms with E-state index in [2.05, 4.69) is 18.7 Å². The highest BCUT2D eigenvalue weighted by molar-refractivity contribution is 5.67. The molecular weight excluding hydrogens is 180 g/mol. The van der Waals surface area contributed by atoms with Gasteiger partial charge in [-0.05, 0) is 12.3 Å². The summed E-state index contributed by atoms with van der Waals surface area (Å²) in [6, 6.07) is 0.422. The van der Waals surface area contributed by atoms with Crippen molar-refractivity contribution in [3.05, 3.63) is 0 Å². The zero-order chi connectivity index (χ0) is 10.7. The maximum Gasteiger partial charge on any atom is 0.304 e. The van der Waals surface area contributed by atoms with Gasteiger partial charge in [0.15, 0.2) is 0 Å². The third kappa shape index (κ3) is 3.27. The van der Waals surface area contributed by atoms with Crippen LogP contribution in [0.5, 0.6) is 0 Å². The molecule has 1 atom stereocenters. The number of likely N-dealkylation sites (tertiary alicyclic amines) is 1. The second-order valence-corrected chi connectivity index (χ2v) is 4.60. The summed E-state index contributed by atoms with van der Waals surface area (Å²) in [5.41, 5.74) is 5.68. The Kier molecular flexibility index (Phi) is 3.89. The first-order valence-corrected chi connectivity index (χ1v) is 5.20. The van der Waals surface area contributed by atoms with E-state index in [-0.39, 0.29) is 18.5 Å². The zero-order valence-electron chi connectivity index (χ0n) is 8.94. The molecule has 0 aliphatic carbocycles. The molecule has 4 nitrogen and oxygen atoms in total. The second-order valence-electron chi connectivity index (χ2n) is 4.60. The molecule has 82 valence electrons. The highest BCUT2D eigenvalue weighted by Gasteiger charge is 2.31. The van der Waals surface area contributed by atoms with Crippen molar-refractivity contribution in [3.8, 4) is 0 Å². The highest BCUT2D eigenvalue weighted by atomic mass is 16.4. The summed E-state index contributed by atoms with van der Waals surface area (Å²) in [5, 5.41) is 8.77. The largest absolute Gasteiger partial charge is 0.481 e. The predicted octanol–water partition coefficient (Wildman–Crippen LogP) is 0.519. The Morgan fingerprint density at radius 3 is 2.50 bits per heavy atom. The van der Waals surface area contributed by atoms with Crippen molar-refractivity contribution < 1.29 is 9.90 Å². The van der Waals surface area contributed by atoms with Crippen molar-refractivity contribution in [1.29, 1.82) is 0 Å². The Morgan fingerprint density at radius 2 is 2.14 bits per heavy atom. The highest BCUT2D eigenvalue weighted by Crippen LogP contribution is 2.19. The molecule has 0 saturated carbocycles. The third-order valence-electron chi connectivity index (χ3n) is 2.61. The van der Waals surface area contributed by atoms with Crippen molar-refractivity contribution in [2.75, 3.05) is 13.1 Å². The number of rotatable bonds is 5. The molecule has 1 fully saturated rings. The smallest absolute Gasteiger partial charge is 0.304 e. The van der Waals surface area contributed by atoms with Gasteiger partial charge in [-0.25, -0.2) is 0 Å². The Hall–Kier alpha value is -0.610. The molecule has 1 unspecified atom stereocenters. The average Bonchev–Trinajstić information content (AvgIpc) is 1.95. The van der Waals surface area contributed by atoms with Gasteiger partial charge < -0.3 is 10.8 Å². The van der Waals surface area contributed by atoms with Crippen molar-refractivity contribution in [2.24, 2.45) is 11.7 Å². The molecule has 1 saturated heterocycles. The van der Waals surface area contributed by atoms with E-state index in [0.29, 0.717) is 5.92 Å². The topological polar surface area (TPSA) is 66.6 Å². The number of nitrogens with zero attached hydrogens (tertiary/aromatic N) is 1. The SMILES string of the molecule is CC(C)CC(CC(=O)O)N1CC(N)C1. The molecule has 14 heavy (non-hydrogen) atoms. The minimum atomic E-state index is -0.712. The van der Waals surface area contributed by atoms with Crippen LogP contribution in [-0.4, -0.2) is 41.1 Å². The maximum absolute atomic E-state index is 10.7. The average molecular weight is 200 g/mol. The van der Waals surface area contributed by atoms with Gasteiger partial charge in [-0.3, -0.25) is 9.69 Å². The van der Waals surface area contributed by atoms with Gasteiger partial charge in [0.2, 0.25) is 0 Å². The quantitative estimate of drug-likeness (QED) is 0.679. The monoisotopic (exact) mass is 200 g/mol. The summed E-state index contributed by atoms with van der Waals surface area (Å²) in [5.74, 6) is -0.174. The lowest BCUT2D eigenvalue weighted by molar-refractivity contribution is -0.139. The number of hydrogen-bond acceptors (Lipinski definition) is 3. The molecule has 0 aromatic rings. The number of carboxylic acids is 1. The van der Waals surface area contributed by atoms with Crippen molar-refractivity contribution in [1.82, 2.24) is 4.90 Å². The van der Waals surface area contributed by atoms with E-state index >= 15 is 0 Å². The van der Waals surface area contributed by atoms with Gasteiger partial charge >= 0.3 is 5.97 Å². The Labute approximate surface area is 85.1 Å². The van der Waals surface area contributed by atoms with Gasteiger partial charge in [-0.15, -0.1) is 0 Å². The van der Waals surface area contributed by atoms with E-state index in [1.54, 1.807) is 0 Å². The summed E-state index contributed by atoms with van der Waals surface area (Å²) in [4.78, 5) is 12.8. The zero-order valence-corrected chi connectivity index (χ0v) is 8.94. The Bertz CT molecular complexity index is 200. The fourth-order valence-corrected chi connectivity index (χ4v) is 1.95. The van der Waals surface area contributed by atoms with E-state index in [1.807, 2.05) is 0 Å². The fourth-order valence-electron chi connectivity index (χ4n) is 1.95. The molecule has 1 aliphatic rings. The third-order valence-corrected chi connectivity index (χ3v) is 2.61. The van der Waals surface area contributed by atoms with Crippen molar-refractivity contribution >= 4 is 5.97 Å². The van der Waals surface area contributed by atoms with Crippen LogP contribution in [0.3, 0.4) is 0 Å². The molecular formula is C10H20N2O2. The number of carboxylic acid groups (broad SMARTS) is 1. The van der Waals surface area contributed by atoms with E-state index in [1.165, 1.54) is 0 Å². The van der Waals surface area contributed by atoms with Gasteiger partial charge in [0.1, 0.15) is 0 Å². The minimum Gasteiger partial charge on any atom is -0.481 e. The summed E-state index contributed by atoms with van der Waals surface area (Å²) in [6.07, 6.45) is 1.18. The normalized spacial score (nSPS) is 20.9. The van der Waals surface area contributed by atoms with Crippen LogP contribution in [0, 0.1) is 5.92 Å². The lowest BCUT2D eigenvalue weighted by atomic mass is 9.95. The number of nitrogens with two attached hydrogens (primary N) is 1. The first kappa shape index (κ1) is 11.5. The lowest BCUT2D eigenvalue weighted by Gasteiger charge is -2.42. The van der Waals surface area contributed by atoms with E-state index in [9.17, 15) is 4.79 Å². The molecule has 0 spiro atoms. The molecule has 0 aromatic heterocycles. The molecule has 0 bridgehead atoms. The Morgan fingerprint density at radius 1 is 1.57 bits per heavy atom. The number of aliphatic carboxylic acids is 1. The fraction of sp³-hybridized carbons (Fsp3) is 0.900. The molecule has 1 rings (SSSR count). The van der Waals surface area contributed by atoms with Crippen LogP contribution in [0.15, 0.2) is 0 Å². The van der Waals surface area contributed by atoms with Crippen LogP contribution in [-0.2, 0) is 4.79 Å². The van der Waals surface area contributed by atoms with Gasteiger partial charge in [-0.2, -0.15) is 0 Å². The molecule has 3 N–H and O–H groups in total. The van der Waals surface area contributed by atoms with Crippen LogP contribution in [0.4, 0.5) is 0 Å². The molecule has 1 heterocycles. The maximum atomic E-state index is 10.7. The first-order chi connectivity index (χ1) is 6.49. The molecule has 0 aromatic carbocycles. The van der Waals surface area contributed by atoms with E-state index in [0.717, 1.165) is 19.5 Å². The summed E-state index contributed by atoms with van der Waals surface area (Å²) >= 11 is 0. The van der Waals surface area contributed by atoms with Crippen LogP contribution in [0.25, 0.3) is 0 Å². The number of carbonyl (C=O) groups is 1. The van der Waals surface area contributed by atoms with Crippen LogP contribution in [0.2, 0.25) is 0 Å². The van der Waals surface area contributed by atoms with Crippen molar-refractivity contribution in [2.45, 2.75) is 38.8 Å². The predicted molar refractivity (Wildman–Crippen MR) is 55.0 cm³/mol. The van der Waals surface area contributed by atoms with Crippen LogP contribution < -0.4 is 5.73 Å². The minimum absolute atomic E-state index is 0.173. The standard InChI is InChI=1S/C10H20N2O2/c1-7(2)3-9(4-10(13)14)12-5-8(11)6-12/h7-9H,3-6,11H2,1-2H3,(H,13,14). The van der Waals surface area contributed by atoms with E-state index < -0.39 is 5.97 Å². The molecule has 4 heteroatoms. The first-order valence-electron chi connectivity index (χ1n) is 5.20. The van der Waals surface area contributed by atoms with Crippen molar-refractivity contribution in [3.63, 3.8) is 0 Å². The molecule has 0 amide bonds. The van der Waals surface area contributed by atoms with Crippen LogP contribution in [0.1, 0.15) is 26.7 Å². The Balaban J connectivity index is 2.40. The van der Waals surface area contributed by atoms with Gasteiger partial charge in [0.25, 0.3) is 0 Å². The van der Waals surface area contributed by atoms with Crippen LogP contribution >= 0.6 is 0 Å². The van der Waals surface area contributed by atoms with E-state index in [4.69, 9.17) is 10.8 Å². The van der Waals surface area contributed by atoms with Gasteiger partial charge in [0.05, 0.1) is 6.42 Å². The second kappa shape index (κ2) is 4.75.